The molecule has 21 heavy (non-hydrogen) atoms. The van der Waals surface area contributed by atoms with Gasteiger partial charge in [0, 0.05) is 11.1 Å². The molecule has 112 valence electrons. The molecule has 1 N–H and O–H groups in total. The number of hydrogen-bond donors (Lipinski definition) is 1. The maximum absolute atomic E-state index is 6.18. The predicted octanol–water partition coefficient (Wildman–Crippen LogP) is 4.30. The van der Waals surface area contributed by atoms with Crippen molar-refractivity contribution in [2.75, 3.05) is 5.32 Å². The molecular formula is C16H21ClN4. The molecule has 2 aromatic rings. The first-order valence-electron chi connectivity index (χ1n) is 7.69. The van der Waals surface area contributed by atoms with Crippen LogP contribution in [0.1, 0.15) is 39.0 Å². The van der Waals surface area contributed by atoms with Crippen LogP contribution < -0.4 is 5.32 Å². The summed E-state index contributed by atoms with van der Waals surface area (Å²) in [6.07, 6.45) is 9.67. The Bertz CT molecular complexity index is 582. The predicted molar refractivity (Wildman–Crippen MR) is 86.0 cm³/mol. The normalized spacial score (nSPS) is 22.2. The van der Waals surface area contributed by atoms with E-state index < -0.39 is 0 Å². The molecule has 2 atom stereocenters. The van der Waals surface area contributed by atoms with Crippen molar-refractivity contribution in [1.29, 1.82) is 0 Å². The first-order chi connectivity index (χ1) is 10.3. The highest BCUT2D eigenvalue weighted by Gasteiger charge is 2.24. The van der Waals surface area contributed by atoms with E-state index in [1.54, 1.807) is 17.3 Å². The lowest BCUT2D eigenvalue weighted by atomic mass is 9.83. The van der Waals surface area contributed by atoms with E-state index in [1.807, 2.05) is 18.2 Å². The number of rotatable bonds is 4. The van der Waals surface area contributed by atoms with Gasteiger partial charge in [-0.3, -0.25) is 0 Å². The van der Waals surface area contributed by atoms with Crippen molar-refractivity contribution in [3.05, 3.63) is 35.9 Å². The number of benzene rings is 1. The van der Waals surface area contributed by atoms with Crippen LogP contribution in [0.25, 0.3) is 5.69 Å². The number of nitrogens with zero attached hydrogens (tertiary/aromatic N) is 3. The van der Waals surface area contributed by atoms with E-state index in [9.17, 15) is 0 Å². The van der Waals surface area contributed by atoms with Crippen molar-refractivity contribution in [2.24, 2.45) is 5.92 Å². The average molecular weight is 305 g/mol. The number of aromatic nitrogens is 3. The van der Waals surface area contributed by atoms with Crippen molar-refractivity contribution < 1.29 is 0 Å². The highest BCUT2D eigenvalue weighted by molar-refractivity contribution is 6.31. The molecule has 5 heteroatoms. The zero-order valence-corrected chi connectivity index (χ0v) is 13.1. The zero-order valence-electron chi connectivity index (χ0n) is 12.3. The largest absolute Gasteiger partial charge is 0.380 e. The fourth-order valence-corrected chi connectivity index (χ4v) is 3.41. The second-order valence-corrected chi connectivity index (χ2v) is 6.14. The number of anilines is 1. The van der Waals surface area contributed by atoms with Crippen LogP contribution in [0, 0.1) is 5.92 Å². The molecule has 0 amide bonds. The Morgan fingerprint density at radius 3 is 2.95 bits per heavy atom. The second-order valence-electron chi connectivity index (χ2n) is 5.71. The quantitative estimate of drug-likeness (QED) is 0.915. The molecule has 0 saturated heterocycles. The molecule has 1 saturated carbocycles. The molecule has 3 rings (SSSR count). The molecule has 1 heterocycles. The molecule has 0 radical (unpaired) electrons. The van der Waals surface area contributed by atoms with Crippen LogP contribution in [-0.4, -0.2) is 20.8 Å². The van der Waals surface area contributed by atoms with Crippen LogP contribution in [0.4, 0.5) is 5.69 Å². The van der Waals surface area contributed by atoms with E-state index in [4.69, 9.17) is 11.6 Å². The molecular weight excluding hydrogens is 284 g/mol. The molecule has 0 spiro atoms. The minimum absolute atomic E-state index is 0.518. The average Bonchev–Trinajstić information content (AvgIpc) is 3.02. The Kier molecular flexibility index (Phi) is 4.44. The summed E-state index contributed by atoms with van der Waals surface area (Å²) in [7, 11) is 0. The first kappa shape index (κ1) is 14.4. The Morgan fingerprint density at radius 2 is 2.19 bits per heavy atom. The van der Waals surface area contributed by atoms with Crippen LogP contribution >= 0.6 is 11.6 Å². The molecule has 0 aliphatic heterocycles. The van der Waals surface area contributed by atoms with Gasteiger partial charge in [0.15, 0.2) is 0 Å². The maximum atomic E-state index is 6.18. The summed E-state index contributed by atoms with van der Waals surface area (Å²) in [6, 6.07) is 6.38. The number of halogens is 1. The van der Waals surface area contributed by atoms with Gasteiger partial charge in [0.05, 0.1) is 11.4 Å². The van der Waals surface area contributed by atoms with Gasteiger partial charge in [-0.15, -0.1) is 0 Å². The Morgan fingerprint density at radius 1 is 1.33 bits per heavy atom. The minimum Gasteiger partial charge on any atom is -0.380 e. The van der Waals surface area contributed by atoms with Crippen LogP contribution in [0.3, 0.4) is 0 Å². The van der Waals surface area contributed by atoms with Crippen molar-refractivity contribution >= 4 is 17.3 Å². The van der Waals surface area contributed by atoms with E-state index >= 15 is 0 Å². The molecule has 1 fully saturated rings. The monoisotopic (exact) mass is 304 g/mol. The van der Waals surface area contributed by atoms with Gasteiger partial charge in [0.25, 0.3) is 0 Å². The van der Waals surface area contributed by atoms with Gasteiger partial charge in [-0.1, -0.05) is 37.8 Å². The van der Waals surface area contributed by atoms with Crippen molar-refractivity contribution in [1.82, 2.24) is 14.8 Å². The van der Waals surface area contributed by atoms with Crippen molar-refractivity contribution in [2.45, 2.75) is 45.1 Å². The summed E-state index contributed by atoms with van der Waals surface area (Å²) >= 11 is 6.18. The molecule has 1 aliphatic rings. The third-order valence-electron chi connectivity index (χ3n) is 4.40. The molecule has 2 unspecified atom stereocenters. The molecule has 1 aliphatic carbocycles. The van der Waals surface area contributed by atoms with Crippen LogP contribution in [0.5, 0.6) is 0 Å². The second kappa shape index (κ2) is 6.48. The van der Waals surface area contributed by atoms with Gasteiger partial charge in [0.1, 0.15) is 12.7 Å². The highest BCUT2D eigenvalue weighted by atomic mass is 35.5. The van der Waals surface area contributed by atoms with E-state index in [2.05, 4.69) is 22.3 Å². The van der Waals surface area contributed by atoms with E-state index in [-0.39, 0.29) is 0 Å². The van der Waals surface area contributed by atoms with E-state index in [0.29, 0.717) is 6.04 Å². The van der Waals surface area contributed by atoms with Crippen LogP contribution in [0.2, 0.25) is 5.02 Å². The van der Waals surface area contributed by atoms with Gasteiger partial charge in [-0.05, 0) is 37.0 Å². The molecule has 0 bridgehead atoms. The van der Waals surface area contributed by atoms with E-state index in [1.165, 1.54) is 32.1 Å². The molecule has 1 aromatic heterocycles. The topological polar surface area (TPSA) is 42.7 Å². The standard InChI is InChI=1S/C16H21ClN4/c1-2-12-5-3-4-6-14(12)20-15-9-13(17)7-8-16(15)21-11-18-10-19-21/h7-12,14,20H,2-6H2,1H3. The Labute approximate surface area is 130 Å². The molecule has 4 nitrogen and oxygen atoms in total. The SMILES string of the molecule is CCC1CCCCC1Nc1cc(Cl)ccc1-n1cncn1. The third kappa shape index (κ3) is 3.21. The lowest BCUT2D eigenvalue weighted by molar-refractivity contribution is 0.317. The van der Waals surface area contributed by atoms with Gasteiger partial charge >= 0.3 is 0 Å². The van der Waals surface area contributed by atoms with Crippen molar-refractivity contribution in [3.8, 4) is 5.69 Å². The lowest BCUT2D eigenvalue weighted by Gasteiger charge is -2.33. The number of hydrogen-bond acceptors (Lipinski definition) is 3. The fourth-order valence-electron chi connectivity index (χ4n) is 3.24. The fraction of sp³-hybridized carbons (Fsp3) is 0.500. The summed E-state index contributed by atoms with van der Waals surface area (Å²) in [5, 5.41) is 8.68. The smallest absolute Gasteiger partial charge is 0.138 e. The Hall–Kier alpha value is -1.55. The summed E-state index contributed by atoms with van der Waals surface area (Å²) in [4.78, 5) is 4.03. The highest BCUT2D eigenvalue weighted by Crippen LogP contribution is 2.32. The summed E-state index contributed by atoms with van der Waals surface area (Å²) < 4.78 is 1.78. The summed E-state index contributed by atoms with van der Waals surface area (Å²) in [5.74, 6) is 0.737. The van der Waals surface area contributed by atoms with Gasteiger partial charge in [-0.25, -0.2) is 9.67 Å². The minimum atomic E-state index is 0.518. The zero-order chi connectivity index (χ0) is 14.7. The van der Waals surface area contributed by atoms with Crippen molar-refractivity contribution in [3.63, 3.8) is 0 Å². The van der Waals surface area contributed by atoms with Crippen LogP contribution in [-0.2, 0) is 0 Å². The third-order valence-corrected chi connectivity index (χ3v) is 4.63. The first-order valence-corrected chi connectivity index (χ1v) is 8.07. The summed E-state index contributed by atoms with van der Waals surface area (Å²) in [6.45, 7) is 2.28. The molecule has 1 aromatic carbocycles. The maximum Gasteiger partial charge on any atom is 0.138 e. The van der Waals surface area contributed by atoms with Crippen LogP contribution in [0.15, 0.2) is 30.9 Å². The van der Waals surface area contributed by atoms with Gasteiger partial charge in [0.2, 0.25) is 0 Å². The van der Waals surface area contributed by atoms with Gasteiger partial charge in [-0.2, -0.15) is 5.10 Å². The van der Waals surface area contributed by atoms with E-state index in [0.717, 1.165) is 22.3 Å². The summed E-state index contributed by atoms with van der Waals surface area (Å²) in [5.41, 5.74) is 2.04. The van der Waals surface area contributed by atoms with Gasteiger partial charge < -0.3 is 5.32 Å². The Balaban J connectivity index is 1.88. The number of nitrogens with one attached hydrogen (secondary N) is 1. The lowest BCUT2D eigenvalue weighted by Crippen LogP contribution is -2.32.